The molecule has 1 unspecified atom stereocenters. The van der Waals surface area contributed by atoms with Gasteiger partial charge in [0, 0.05) is 13.1 Å². The molecule has 2 rings (SSSR count). The van der Waals surface area contributed by atoms with Gasteiger partial charge in [0.2, 0.25) is 5.91 Å². The molecule has 1 fully saturated rings. The predicted molar refractivity (Wildman–Crippen MR) is 61.5 cm³/mol. The Morgan fingerprint density at radius 3 is 2.71 bits per heavy atom. The zero-order chi connectivity index (χ0) is 12.6. The van der Waals surface area contributed by atoms with Crippen LogP contribution in [0.4, 0.5) is 0 Å². The molecular weight excluding hydrogens is 244 g/mol. The van der Waals surface area contributed by atoms with Crippen LogP contribution < -0.4 is 5.73 Å². The highest BCUT2D eigenvalue weighted by molar-refractivity contribution is 6.29. The van der Waals surface area contributed by atoms with Gasteiger partial charge in [0.15, 0.2) is 11.0 Å². The Balaban J connectivity index is 2.11. The summed E-state index contributed by atoms with van der Waals surface area (Å²) in [6.45, 7) is 2.58. The van der Waals surface area contributed by atoms with Crippen molar-refractivity contribution in [3.05, 3.63) is 23.1 Å². The lowest BCUT2D eigenvalue weighted by Gasteiger charge is -2.20. The molecule has 1 saturated heterocycles. The van der Waals surface area contributed by atoms with Crippen LogP contribution in [0.25, 0.3) is 0 Å². The number of rotatable bonds is 2. The van der Waals surface area contributed by atoms with Gasteiger partial charge in [-0.3, -0.25) is 9.59 Å². The van der Waals surface area contributed by atoms with E-state index in [-0.39, 0.29) is 22.8 Å². The van der Waals surface area contributed by atoms with E-state index in [0.717, 1.165) is 0 Å². The normalized spacial score (nSPS) is 24.0. The number of carbonyl (C=O) groups is 2. The van der Waals surface area contributed by atoms with Crippen LogP contribution in [0.2, 0.25) is 5.22 Å². The van der Waals surface area contributed by atoms with Gasteiger partial charge in [-0.05, 0) is 37.1 Å². The molecule has 2 heterocycles. The topological polar surface area (TPSA) is 76.5 Å². The van der Waals surface area contributed by atoms with Gasteiger partial charge >= 0.3 is 0 Å². The Morgan fingerprint density at radius 2 is 2.24 bits per heavy atom. The standard InChI is InChI=1S/C11H13ClN2O3/c1-11(10(13)16)4-5-14(6-11)9(15)7-2-3-8(12)17-7/h2-3H,4-6H2,1H3,(H2,13,16). The lowest BCUT2D eigenvalue weighted by Crippen LogP contribution is -2.38. The second kappa shape index (κ2) is 4.07. The summed E-state index contributed by atoms with van der Waals surface area (Å²) in [6.07, 6.45) is 0.572. The molecule has 1 aromatic heterocycles. The fraction of sp³-hybridized carbons (Fsp3) is 0.455. The summed E-state index contributed by atoms with van der Waals surface area (Å²) in [5, 5.41) is 0.171. The molecule has 0 aliphatic carbocycles. The average molecular weight is 257 g/mol. The van der Waals surface area contributed by atoms with Gasteiger partial charge in [0.25, 0.3) is 5.91 Å². The van der Waals surface area contributed by atoms with Crippen LogP contribution in [0, 0.1) is 5.41 Å². The molecule has 2 amide bonds. The van der Waals surface area contributed by atoms with E-state index >= 15 is 0 Å². The second-order valence-corrected chi connectivity index (χ2v) is 4.88. The van der Waals surface area contributed by atoms with Crippen LogP contribution in [-0.2, 0) is 4.79 Å². The van der Waals surface area contributed by atoms with E-state index in [4.69, 9.17) is 21.8 Å². The monoisotopic (exact) mass is 256 g/mol. The van der Waals surface area contributed by atoms with Crippen molar-refractivity contribution in [2.45, 2.75) is 13.3 Å². The number of carbonyl (C=O) groups excluding carboxylic acids is 2. The third kappa shape index (κ3) is 2.15. The molecule has 5 nitrogen and oxygen atoms in total. The lowest BCUT2D eigenvalue weighted by atomic mass is 9.89. The van der Waals surface area contributed by atoms with Crippen molar-refractivity contribution in [1.82, 2.24) is 4.90 Å². The molecular formula is C11H13ClN2O3. The van der Waals surface area contributed by atoms with Crippen molar-refractivity contribution in [3.8, 4) is 0 Å². The first-order valence-corrected chi connectivity index (χ1v) is 5.65. The van der Waals surface area contributed by atoms with Crippen LogP contribution in [0.5, 0.6) is 0 Å². The second-order valence-electron chi connectivity index (χ2n) is 4.51. The Kier molecular flexibility index (Phi) is 2.87. The number of likely N-dealkylation sites (tertiary alicyclic amines) is 1. The fourth-order valence-corrected chi connectivity index (χ4v) is 2.07. The highest BCUT2D eigenvalue weighted by atomic mass is 35.5. The van der Waals surface area contributed by atoms with Crippen LogP contribution in [0.15, 0.2) is 16.5 Å². The number of hydrogen-bond donors (Lipinski definition) is 1. The van der Waals surface area contributed by atoms with Crippen molar-refractivity contribution < 1.29 is 14.0 Å². The molecule has 0 spiro atoms. The van der Waals surface area contributed by atoms with Crippen LogP contribution in [-0.4, -0.2) is 29.8 Å². The number of hydrogen-bond acceptors (Lipinski definition) is 3. The molecule has 1 aliphatic heterocycles. The minimum Gasteiger partial charge on any atom is -0.440 e. The maximum Gasteiger partial charge on any atom is 0.289 e. The van der Waals surface area contributed by atoms with Gasteiger partial charge in [-0.1, -0.05) is 0 Å². The summed E-state index contributed by atoms with van der Waals surface area (Å²) in [5.41, 5.74) is 4.67. The van der Waals surface area contributed by atoms with Gasteiger partial charge in [0.1, 0.15) is 0 Å². The van der Waals surface area contributed by atoms with E-state index in [9.17, 15) is 9.59 Å². The summed E-state index contributed by atoms with van der Waals surface area (Å²) in [5.74, 6) is -0.462. The molecule has 0 bridgehead atoms. The summed E-state index contributed by atoms with van der Waals surface area (Å²) < 4.78 is 5.04. The molecule has 2 N–H and O–H groups in total. The minimum atomic E-state index is -0.647. The zero-order valence-electron chi connectivity index (χ0n) is 9.40. The Bertz CT molecular complexity index is 471. The van der Waals surface area contributed by atoms with E-state index < -0.39 is 5.41 Å². The summed E-state index contributed by atoms with van der Waals surface area (Å²) >= 11 is 5.61. The van der Waals surface area contributed by atoms with Crippen molar-refractivity contribution in [3.63, 3.8) is 0 Å². The van der Waals surface area contributed by atoms with Gasteiger partial charge in [0.05, 0.1) is 5.41 Å². The average Bonchev–Trinajstić information content (AvgIpc) is 2.85. The lowest BCUT2D eigenvalue weighted by molar-refractivity contribution is -0.126. The Morgan fingerprint density at radius 1 is 1.53 bits per heavy atom. The number of nitrogens with zero attached hydrogens (tertiary/aromatic N) is 1. The molecule has 0 aromatic carbocycles. The van der Waals surface area contributed by atoms with Crippen LogP contribution in [0.1, 0.15) is 23.9 Å². The number of halogens is 1. The van der Waals surface area contributed by atoms with E-state index in [0.29, 0.717) is 19.5 Å². The summed E-state index contributed by atoms with van der Waals surface area (Å²) in [7, 11) is 0. The Hall–Kier alpha value is -1.49. The van der Waals surface area contributed by atoms with Gasteiger partial charge < -0.3 is 15.1 Å². The predicted octanol–water partition coefficient (Wildman–Crippen LogP) is 1.27. The Labute approximate surface area is 104 Å². The molecule has 1 atom stereocenters. The molecule has 17 heavy (non-hydrogen) atoms. The summed E-state index contributed by atoms with van der Waals surface area (Å²) in [4.78, 5) is 24.8. The minimum absolute atomic E-state index is 0.171. The van der Waals surface area contributed by atoms with Crippen LogP contribution in [0.3, 0.4) is 0 Å². The quantitative estimate of drug-likeness (QED) is 0.866. The highest BCUT2D eigenvalue weighted by Gasteiger charge is 2.41. The number of furan rings is 1. The maximum atomic E-state index is 12.0. The highest BCUT2D eigenvalue weighted by Crippen LogP contribution is 2.30. The number of primary amides is 1. The first-order chi connectivity index (χ1) is 7.92. The molecule has 0 saturated carbocycles. The molecule has 6 heteroatoms. The van der Waals surface area contributed by atoms with E-state index in [2.05, 4.69) is 0 Å². The van der Waals surface area contributed by atoms with Gasteiger partial charge in [-0.2, -0.15) is 0 Å². The molecule has 92 valence electrons. The first kappa shape index (κ1) is 12.0. The third-order valence-electron chi connectivity index (χ3n) is 3.14. The molecule has 0 radical (unpaired) electrons. The van der Waals surface area contributed by atoms with E-state index in [1.54, 1.807) is 11.8 Å². The van der Waals surface area contributed by atoms with E-state index in [1.165, 1.54) is 12.1 Å². The van der Waals surface area contributed by atoms with Crippen LogP contribution >= 0.6 is 11.6 Å². The van der Waals surface area contributed by atoms with Crippen molar-refractivity contribution in [1.29, 1.82) is 0 Å². The number of nitrogens with two attached hydrogens (primary N) is 1. The zero-order valence-corrected chi connectivity index (χ0v) is 10.2. The molecule has 1 aliphatic rings. The number of amides is 2. The van der Waals surface area contributed by atoms with Crippen molar-refractivity contribution in [2.75, 3.05) is 13.1 Å². The first-order valence-electron chi connectivity index (χ1n) is 5.27. The third-order valence-corrected chi connectivity index (χ3v) is 3.34. The summed E-state index contributed by atoms with van der Waals surface area (Å²) in [6, 6.07) is 3.03. The van der Waals surface area contributed by atoms with Gasteiger partial charge in [-0.25, -0.2) is 0 Å². The smallest absolute Gasteiger partial charge is 0.289 e. The SMILES string of the molecule is CC1(C(N)=O)CCN(C(=O)c2ccc(Cl)o2)C1. The van der Waals surface area contributed by atoms with E-state index in [1.807, 2.05) is 0 Å². The maximum absolute atomic E-state index is 12.0. The van der Waals surface area contributed by atoms with Crippen molar-refractivity contribution >= 4 is 23.4 Å². The van der Waals surface area contributed by atoms with Gasteiger partial charge in [-0.15, -0.1) is 0 Å². The molecule has 1 aromatic rings. The largest absolute Gasteiger partial charge is 0.440 e. The fourth-order valence-electron chi connectivity index (χ4n) is 1.92. The van der Waals surface area contributed by atoms with Crippen molar-refractivity contribution in [2.24, 2.45) is 11.1 Å².